The van der Waals surface area contributed by atoms with Crippen molar-refractivity contribution < 1.29 is 9.32 Å². The molecule has 0 radical (unpaired) electrons. The van der Waals surface area contributed by atoms with Crippen molar-refractivity contribution in [3.8, 4) is 10.4 Å². The number of anilines is 5. The number of amides is 2. The van der Waals surface area contributed by atoms with E-state index in [2.05, 4.69) is 55.0 Å². The highest BCUT2D eigenvalue weighted by Crippen LogP contribution is 2.33. The number of benzene rings is 1. The Hall–Kier alpha value is -4.03. The number of thiazole rings is 1. The zero-order valence-corrected chi connectivity index (χ0v) is 24.3. The summed E-state index contributed by atoms with van der Waals surface area (Å²) in [4.78, 5) is 31.9. The molecule has 4 heterocycles. The Morgan fingerprint density at radius 1 is 1.10 bits per heavy atom. The molecule has 12 heteroatoms. The molecule has 3 aromatic heterocycles. The molecule has 0 spiro atoms. The van der Waals surface area contributed by atoms with Crippen LogP contribution in [0.3, 0.4) is 0 Å². The summed E-state index contributed by atoms with van der Waals surface area (Å²) in [6, 6.07) is 9.83. The summed E-state index contributed by atoms with van der Waals surface area (Å²) < 4.78 is 5.13. The van der Waals surface area contributed by atoms with E-state index in [1.54, 1.807) is 17.4 Å². The topological polar surface area (TPSA) is 124 Å². The van der Waals surface area contributed by atoms with Crippen molar-refractivity contribution in [1.82, 2.24) is 25.0 Å². The second-order valence-corrected chi connectivity index (χ2v) is 11.2. The van der Waals surface area contributed by atoms with E-state index in [1.165, 1.54) is 0 Å². The van der Waals surface area contributed by atoms with Gasteiger partial charge in [-0.15, -0.1) is 0 Å². The van der Waals surface area contributed by atoms with Crippen LogP contribution in [0.25, 0.3) is 10.4 Å². The predicted octanol–water partition coefficient (Wildman–Crippen LogP) is 5.69. The van der Waals surface area contributed by atoms with Crippen LogP contribution in [-0.4, -0.2) is 64.3 Å². The van der Waals surface area contributed by atoms with Crippen LogP contribution in [-0.2, 0) is 6.42 Å². The third-order valence-electron chi connectivity index (χ3n) is 6.99. The van der Waals surface area contributed by atoms with Crippen molar-refractivity contribution in [3.05, 3.63) is 53.7 Å². The molecule has 11 nitrogen and oxygen atoms in total. The number of rotatable bonds is 8. The maximum Gasteiger partial charge on any atom is 0.324 e. The third-order valence-corrected chi connectivity index (χ3v) is 7.95. The zero-order valence-electron chi connectivity index (χ0n) is 23.5. The first-order chi connectivity index (χ1) is 19.3. The molecule has 0 aliphatic carbocycles. The molecule has 1 aliphatic heterocycles. The molecular formula is C28H35N9O2S. The van der Waals surface area contributed by atoms with Gasteiger partial charge in [-0.05, 0) is 64.0 Å². The smallest absolute Gasteiger partial charge is 0.324 e. The molecule has 2 amide bonds. The van der Waals surface area contributed by atoms with E-state index >= 15 is 0 Å². The maximum atomic E-state index is 12.4. The molecule has 4 aromatic rings. The fourth-order valence-corrected chi connectivity index (χ4v) is 5.55. The number of hydrogen-bond acceptors (Lipinski definition) is 10. The highest BCUT2D eigenvalue weighted by atomic mass is 32.1. The lowest BCUT2D eigenvalue weighted by Gasteiger charge is -2.35. The Morgan fingerprint density at radius 2 is 1.90 bits per heavy atom. The molecule has 0 unspecified atom stereocenters. The first-order valence-electron chi connectivity index (χ1n) is 13.4. The number of carbonyl (C=O) groups excluding carboxylic acids is 1. The van der Waals surface area contributed by atoms with Crippen LogP contribution in [0.1, 0.15) is 36.9 Å². The van der Waals surface area contributed by atoms with Gasteiger partial charge in [-0.25, -0.2) is 19.7 Å². The van der Waals surface area contributed by atoms with E-state index in [4.69, 9.17) is 9.51 Å². The number of urea groups is 1. The van der Waals surface area contributed by atoms with Crippen LogP contribution in [0.5, 0.6) is 0 Å². The van der Waals surface area contributed by atoms with Gasteiger partial charge in [0.15, 0.2) is 10.9 Å². The van der Waals surface area contributed by atoms with E-state index in [0.717, 1.165) is 64.5 Å². The summed E-state index contributed by atoms with van der Waals surface area (Å²) >= 11 is 1.55. The first kappa shape index (κ1) is 27.5. The van der Waals surface area contributed by atoms with Crippen LogP contribution >= 0.6 is 11.3 Å². The average Bonchev–Trinajstić information content (AvgIpc) is 3.59. The van der Waals surface area contributed by atoms with Gasteiger partial charge in [0.05, 0.1) is 4.88 Å². The number of carbonyl (C=O) groups is 1. The summed E-state index contributed by atoms with van der Waals surface area (Å²) in [5.41, 5.74) is 2.66. The molecule has 5 rings (SSSR count). The number of nitrogens with zero attached hydrogens (tertiary/aromatic N) is 6. The minimum absolute atomic E-state index is 0.377. The molecule has 0 saturated carbocycles. The van der Waals surface area contributed by atoms with E-state index in [0.29, 0.717) is 29.7 Å². The maximum absolute atomic E-state index is 12.4. The Morgan fingerprint density at radius 3 is 2.60 bits per heavy atom. The van der Waals surface area contributed by atoms with Gasteiger partial charge in [-0.1, -0.05) is 29.5 Å². The largest absolute Gasteiger partial charge is 0.359 e. The lowest BCUT2D eigenvalue weighted by Crippen LogP contribution is -2.42. The van der Waals surface area contributed by atoms with Gasteiger partial charge in [0.25, 0.3) is 0 Å². The van der Waals surface area contributed by atoms with E-state index in [9.17, 15) is 4.79 Å². The Labute approximate surface area is 238 Å². The highest BCUT2D eigenvalue weighted by Gasteiger charge is 2.22. The van der Waals surface area contributed by atoms with Crippen LogP contribution in [0.15, 0.2) is 41.1 Å². The van der Waals surface area contributed by atoms with Crippen molar-refractivity contribution in [2.24, 2.45) is 0 Å². The minimum Gasteiger partial charge on any atom is -0.359 e. The molecule has 210 valence electrons. The van der Waals surface area contributed by atoms with E-state index in [1.807, 2.05) is 51.2 Å². The molecule has 3 N–H and O–H groups in total. The molecule has 40 heavy (non-hydrogen) atoms. The fourth-order valence-electron chi connectivity index (χ4n) is 4.73. The van der Waals surface area contributed by atoms with Gasteiger partial charge < -0.3 is 25.0 Å². The number of nitrogens with one attached hydrogen (secondary N) is 3. The summed E-state index contributed by atoms with van der Waals surface area (Å²) in [6.07, 6.45) is 4.79. The normalized spacial score (nSPS) is 14.0. The molecule has 1 fully saturated rings. The minimum atomic E-state index is -0.377. The summed E-state index contributed by atoms with van der Waals surface area (Å²) in [5, 5.41) is 13.5. The molecule has 1 saturated heterocycles. The van der Waals surface area contributed by atoms with Crippen LogP contribution in [0.2, 0.25) is 0 Å². The van der Waals surface area contributed by atoms with Gasteiger partial charge in [-0.2, -0.15) is 0 Å². The molecule has 1 aliphatic rings. The van der Waals surface area contributed by atoms with Gasteiger partial charge in [0.1, 0.15) is 23.2 Å². The first-order valence-corrected chi connectivity index (χ1v) is 14.2. The van der Waals surface area contributed by atoms with Crippen LogP contribution in [0.4, 0.5) is 33.1 Å². The Balaban J connectivity index is 1.22. The Kier molecular flexibility index (Phi) is 8.27. The van der Waals surface area contributed by atoms with Crippen molar-refractivity contribution in [1.29, 1.82) is 0 Å². The van der Waals surface area contributed by atoms with Gasteiger partial charge in [0, 0.05) is 49.6 Å². The lowest BCUT2D eigenvalue weighted by molar-refractivity contribution is 0.249. The predicted molar refractivity (Wildman–Crippen MR) is 160 cm³/mol. The Bertz CT molecular complexity index is 1470. The van der Waals surface area contributed by atoms with Crippen LogP contribution in [0, 0.1) is 13.8 Å². The summed E-state index contributed by atoms with van der Waals surface area (Å²) in [7, 11) is 4.29. The fraction of sp³-hybridized carbons (Fsp3) is 0.393. The van der Waals surface area contributed by atoms with Crippen molar-refractivity contribution in [2.75, 3.05) is 48.0 Å². The van der Waals surface area contributed by atoms with E-state index in [-0.39, 0.29) is 6.03 Å². The summed E-state index contributed by atoms with van der Waals surface area (Å²) in [5.74, 6) is 3.50. The summed E-state index contributed by atoms with van der Waals surface area (Å²) in [6.45, 7) is 7.79. The average molecular weight is 562 g/mol. The number of piperidine rings is 1. The standard InChI is InChI=1S/C28H35N9O2S/c1-6-21-14-25(35-39-21)33-27(38)32-22-8-7-19(13-17(22)2)23-16-29-28(40-23)34-24-15-26(31-18(3)30-24)37-11-9-20(10-12-37)36(4)5/h7-8,13-16,20H,6,9-12H2,1-5H3,(H,29,30,31,34)(H2,32,33,35,38). The van der Waals surface area contributed by atoms with Gasteiger partial charge in [0.2, 0.25) is 0 Å². The number of aromatic nitrogens is 4. The second-order valence-electron chi connectivity index (χ2n) is 10.1. The van der Waals surface area contributed by atoms with Crippen molar-refractivity contribution in [3.63, 3.8) is 0 Å². The zero-order chi connectivity index (χ0) is 28.2. The van der Waals surface area contributed by atoms with E-state index < -0.39 is 0 Å². The third kappa shape index (κ3) is 6.57. The lowest BCUT2D eigenvalue weighted by atomic mass is 10.0. The van der Waals surface area contributed by atoms with Gasteiger partial charge >= 0.3 is 6.03 Å². The SMILES string of the molecule is CCc1cc(NC(=O)Nc2ccc(-c3cnc(Nc4cc(N5CCC(N(C)C)CC5)nc(C)n4)s3)cc2C)no1. The highest BCUT2D eigenvalue weighted by molar-refractivity contribution is 7.18. The molecular weight excluding hydrogens is 526 g/mol. The monoisotopic (exact) mass is 561 g/mol. The number of aryl methyl sites for hydroxylation is 3. The van der Waals surface area contributed by atoms with Gasteiger partial charge in [-0.3, -0.25) is 5.32 Å². The number of hydrogen-bond donors (Lipinski definition) is 3. The quantitative estimate of drug-likeness (QED) is 0.249. The van der Waals surface area contributed by atoms with Crippen LogP contribution < -0.4 is 20.9 Å². The van der Waals surface area contributed by atoms with Crippen molar-refractivity contribution >= 4 is 45.6 Å². The molecule has 0 bridgehead atoms. The molecule has 1 aromatic carbocycles. The second kappa shape index (κ2) is 12.0. The van der Waals surface area contributed by atoms with Crippen molar-refractivity contribution in [2.45, 2.75) is 46.1 Å². The molecule has 0 atom stereocenters.